The van der Waals surface area contributed by atoms with Crippen LogP contribution in [0.25, 0.3) is 0 Å². The third kappa shape index (κ3) is 3.19. The van der Waals surface area contributed by atoms with Crippen molar-refractivity contribution in [3.8, 4) is 0 Å². The molecule has 0 N–H and O–H groups in total. The second kappa shape index (κ2) is 6.91. The molecule has 4 rings (SSSR count). The van der Waals surface area contributed by atoms with Crippen LogP contribution >= 0.6 is 0 Å². The van der Waals surface area contributed by atoms with Crippen LogP contribution in [0.3, 0.4) is 0 Å². The predicted molar refractivity (Wildman–Crippen MR) is 96.4 cm³/mol. The number of carbonyl (C=O) groups is 1. The summed E-state index contributed by atoms with van der Waals surface area (Å²) in [5, 5.41) is 0. The van der Waals surface area contributed by atoms with Gasteiger partial charge < -0.3 is 9.64 Å². The van der Waals surface area contributed by atoms with E-state index in [1.54, 1.807) is 0 Å². The van der Waals surface area contributed by atoms with E-state index in [-0.39, 0.29) is 12.1 Å². The molecule has 1 aliphatic rings. The van der Waals surface area contributed by atoms with Crippen LogP contribution in [0.4, 0.5) is 0 Å². The Labute approximate surface area is 147 Å². The highest BCUT2D eigenvalue weighted by Crippen LogP contribution is 2.39. The lowest BCUT2D eigenvalue weighted by atomic mass is 10.1. The van der Waals surface area contributed by atoms with E-state index < -0.39 is 6.10 Å². The lowest BCUT2D eigenvalue weighted by molar-refractivity contribution is -0.131. The Bertz CT molecular complexity index is 834. The Kier molecular flexibility index (Phi) is 4.32. The van der Waals surface area contributed by atoms with E-state index in [1.807, 2.05) is 95.9 Å². The molecule has 3 aromatic rings. The molecule has 0 aromatic heterocycles. The molecule has 1 amide bonds. The van der Waals surface area contributed by atoms with Crippen molar-refractivity contribution in [2.75, 3.05) is 0 Å². The summed E-state index contributed by atoms with van der Waals surface area (Å²) in [5.74, 6) is 0.00362. The van der Waals surface area contributed by atoms with Crippen LogP contribution in [0.15, 0.2) is 91.0 Å². The Morgan fingerprint density at radius 3 is 1.84 bits per heavy atom. The zero-order valence-corrected chi connectivity index (χ0v) is 13.8. The van der Waals surface area contributed by atoms with Crippen LogP contribution in [0, 0.1) is 0 Å². The van der Waals surface area contributed by atoms with Crippen LogP contribution in [0.2, 0.25) is 0 Å². The first-order chi connectivity index (χ1) is 12.3. The minimum atomic E-state index is -0.560. The maximum Gasteiger partial charge on any atom is 0.259 e. The van der Waals surface area contributed by atoms with E-state index in [2.05, 4.69) is 0 Å². The third-order valence-electron chi connectivity index (χ3n) is 4.44. The summed E-state index contributed by atoms with van der Waals surface area (Å²) in [6.07, 6.45) is -0.936. The number of hydrogen-bond donors (Lipinski definition) is 0. The Morgan fingerprint density at radius 2 is 1.24 bits per heavy atom. The molecule has 1 fully saturated rings. The number of nitrogens with zero attached hydrogens (tertiary/aromatic N) is 1. The summed E-state index contributed by atoms with van der Waals surface area (Å²) in [4.78, 5) is 14.9. The molecule has 0 aliphatic carbocycles. The smallest absolute Gasteiger partial charge is 0.259 e. The zero-order chi connectivity index (χ0) is 17.1. The average molecular weight is 329 g/mol. The number of amides is 1. The molecule has 0 spiro atoms. The lowest BCUT2D eigenvalue weighted by Crippen LogP contribution is -2.28. The normalized spacial score (nSPS) is 20.0. The van der Waals surface area contributed by atoms with Gasteiger partial charge in [-0.05, 0) is 11.1 Å². The largest absolute Gasteiger partial charge is 0.336 e. The maximum absolute atomic E-state index is 13.1. The molecule has 1 heterocycles. The fourth-order valence-corrected chi connectivity index (χ4v) is 3.19. The van der Waals surface area contributed by atoms with Gasteiger partial charge in [0.2, 0.25) is 0 Å². The zero-order valence-electron chi connectivity index (χ0n) is 13.8. The average Bonchev–Trinajstić information content (AvgIpc) is 3.01. The fraction of sp³-hybridized carbons (Fsp3) is 0.136. The SMILES string of the molecule is O=C1[C@H](c2ccccc2)O[C@@H](c2ccccc2)N1Cc1ccccc1. The van der Waals surface area contributed by atoms with Crippen molar-refractivity contribution in [2.45, 2.75) is 18.9 Å². The Balaban J connectivity index is 1.68. The van der Waals surface area contributed by atoms with Crippen molar-refractivity contribution in [2.24, 2.45) is 0 Å². The van der Waals surface area contributed by atoms with Crippen LogP contribution in [0.5, 0.6) is 0 Å². The standard InChI is InChI=1S/C22H19NO2/c24-21-20(18-12-6-2-7-13-18)25-22(19-14-8-3-9-15-19)23(21)16-17-10-4-1-5-11-17/h1-15,20,22H,16H2/t20-,22-/m0/s1. The van der Waals surface area contributed by atoms with Crippen LogP contribution in [-0.4, -0.2) is 10.8 Å². The molecule has 124 valence electrons. The minimum absolute atomic E-state index is 0.00362. The quantitative estimate of drug-likeness (QED) is 0.706. The molecule has 3 nitrogen and oxygen atoms in total. The number of ether oxygens (including phenoxy) is 1. The van der Waals surface area contributed by atoms with Gasteiger partial charge in [-0.25, -0.2) is 0 Å². The first kappa shape index (κ1) is 15.6. The van der Waals surface area contributed by atoms with E-state index in [0.717, 1.165) is 16.7 Å². The first-order valence-electron chi connectivity index (χ1n) is 8.43. The summed E-state index contributed by atoms with van der Waals surface area (Å²) in [6, 6.07) is 29.6. The molecule has 0 radical (unpaired) electrons. The number of carbonyl (C=O) groups excluding carboxylic acids is 1. The van der Waals surface area contributed by atoms with Crippen molar-refractivity contribution < 1.29 is 9.53 Å². The first-order valence-corrected chi connectivity index (χ1v) is 8.43. The molecule has 3 aromatic carbocycles. The van der Waals surface area contributed by atoms with Gasteiger partial charge in [0.05, 0.1) is 0 Å². The highest BCUT2D eigenvalue weighted by molar-refractivity contribution is 5.84. The summed E-state index contributed by atoms with van der Waals surface area (Å²) in [7, 11) is 0. The highest BCUT2D eigenvalue weighted by Gasteiger charge is 2.41. The van der Waals surface area contributed by atoms with Gasteiger partial charge >= 0.3 is 0 Å². The van der Waals surface area contributed by atoms with E-state index >= 15 is 0 Å². The molecule has 1 saturated heterocycles. The van der Waals surface area contributed by atoms with Crippen molar-refractivity contribution in [3.63, 3.8) is 0 Å². The van der Waals surface area contributed by atoms with Crippen molar-refractivity contribution >= 4 is 5.91 Å². The second-order valence-corrected chi connectivity index (χ2v) is 6.14. The molecule has 0 unspecified atom stereocenters. The van der Waals surface area contributed by atoms with Gasteiger partial charge in [-0.15, -0.1) is 0 Å². The second-order valence-electron chi connectivity index (χ2n) is 6.14. The topological polar surface area (TPSA) is 29.5 Å². The van der Waals surface area contributed by atoms with Crippen LogP contribution < -0.4 is 0 Å². The molecule has 0 saturated carbocycles. The van der Waals surface area contributed by atoms with Crippen molar-refractivity contribution in [1.29, 1.82) is 0 Å². The van der Waals surface area contributed by atoms with Gasteiger partial charge in [-0.2, -0.15) is 0 Å². The van der Waals surface area contributed by atoms with Gasteiger partial charge in [0.15, 0.2) is 12.3 Å². The van der Waals surface area contributed by atoms with Gasteiger partial charge in [-0.3, -0.25) is 4.79 Å². The highest BCUT2D eigenvalue weighted by atomic mass is 16.5. The van der Waals surface area contributed by atoms with Gasteiger partial charge in [0, 0.05) is 12.1 Å². The fourth-order valence-electron chi connectivity index (χ4n) is 3.19. The molecule has 3 heteroatoms. The molecule has 25 heavy (non-hydrogen) atoms. The van der Waals surface area contributed by atoms with E-state index in [9.17, 15) is 4.79 Å². The molecule has 2 atom stereocenters. The molecule has 0 bridgehead atoms. The van der Waals surface area contributed by atoms with E-state index in [4.69, 9.17) is 4.74 Å². The van der Waals surface area contributed by atoms with Gasteiger partial charge in [0.25, 0.3) is 5.91 Å². The summed E-state index contributed by atoms with van der Waals surface area (Å²) in [6.45, 7) is 0.530. The number of benzene rings is 3. The van der Waals surface area contributed by atoms with E-state index in [0.29, 0.717) is 6.54 Å². The van der Waals surface area contributed by atoms with Crippen molar-refractivity contribution in [3.05, 3.63) is 108 Å². The van der Waals surface area contributed by atoms with Gasteiger partial charge in [-0.1, -0.05) is 91.0 Å². The van der Waals surface area contributed by atoms with E-state index in [1.165, 1.54) is 0 Å². The monoisotopic (exact) mass is 329 g/mol. The Morgan fingerprint density at radius 1 is 0.720 bits per heavy atom. The maximum atomic E-state index is 13.1. The van der Waals surface area contributed by atoms with Crippen LogP contribution in [-0.2, 0) is 16.1 Å². The molecular formula is C22H19NO2. The minimum Gasteiger partial charge on any atom is -0.336 e. The Hall–Kier alpha value is -2.91. The number of rotatable bonds is 4. The number of hydrogen-bond acceptors (Lipinski definition) is 2. The summed E-state index contributed by atoms with van der Waals surface area (Å²) >= 11 is 0. The summed E-state index contributed by atoms with van der Waals surface area (Å²) in [5.41, 5.74) is 2.98. The third-order valence-corrected chi connectivity index (χ3v) is 4.44. The van der Waals surface area contributed by atoms with Crippen LogP contribution in [0.1, 0.15) is 29.0 Å². The van der Waals surface area contributed by atoms with Gasteiger partial charge in [0.1, 0.15) is 0 Å². The predicted octanol–water partition coefficient (Wildman–Crippen LogP) is 4.49. The lowest BCUT2D eigenvalue weighted by Gasteiger charge is -2.23. The van der Waals surface area contributed by atoms with Crippen molar-refractivity contribution in [1.82, 2.24) is 4.90 Å². The summed E-state index contributed by atoms with van der Waals surface area (Å²) < 4.78 is 6.21. The molecule has 1 aliphatic heterocycles. The molecular weight excluding hydrogens is 310 g/mol.